The highest BCUT2D eigenvalue weighted by Crippen LogP contribution is 2.16. The molecule has 0 aromatic heterocycles. The second-order valence-corrected chi connectivity index (χ2v) is 10.4. The van der Waals surface area contributed by atoms with Crippen LogP contribution in [0.5, 0.6) is 0 Å². The summed E-state index contributed by atoms with van der Waals surface area (Å²) in [6, 6.07) is 0. The molecule has 0 saturated heterocycles. The van der Waals surface area contributed by atoms with Gasteiger partial charge in [-0.05, 0) is 32.6 Å². The van der Waals surface area contributed by atoms with Crippen LogP contribution < -0.4 is 0 Å². The second kappa shape index (κ2) is 23.5. The molecule has 0 fully saturated rings. The number of nitrogens with zero attached hydrogens (tertiary/aromatic N) is 1. The number of rotatable bonds is 27. The van der Waals surface area contributed by atoms with Crippen LogP contribution in [-0.2, 0) is 14.4 Å². The normalized spacial score (nSPS) is 11.8. The van der Waals surface area contributed by atoms with E-state index in [1.807, 2.05) is 0 Å². The summed E-state index contributed by atoms with van der Waals surface area (Å²) in [7, 11) is 0. The molecule has 0 heterocycles. The van der Waals surface area contributed by atoms with E-state index in [9.17, 15) is 14.4 Å². The minimum Gasteiger partial charge on any atom is -0.477 e. The van der Waals surface area contributed by atoms with Crippen LogP contribution in [0.25, 0.3) is 0 Å². The van der Waals surface area contributed by atoms with Crippen molar-refractivity contribution in [2.24, 2.45) is 0 Å². The van der Waals surface area contributed by atoms with Gasteiger partial charge in [-0.15, -0.1) is 0 Å². The van der Waals surface area contributed by atoms with Crippen LogP contribution in [0, 0.1) is 0 Å². The molecule has 0 aromatic rings. The number of hydrogen-bond donors (Lipinski definition) is 3. The Labute approximate surface area is 219 Å². The van der Waals surface area contributed by atoms with Gasteiger partial charge in [0.2, 0.25) is 0 Å². The summed E-state index contributed by atoms with van der Waals surface area (Å²) in [6.45, 7) is 0.925. The van der Waals surface area contributed by atoms with E-state index in [1.54, 1.807) is 0 Å². The third kappa shape index (κ3) is 22.6. The Kier molecular flexibility index (Phi) is 22.3. The number of allylic oxidation sites excluding steroid dienone is 2. The van der Waals surface area contributed by atoms with Crippen LogP contribution in [0.3, 0.4) is 0 Å². The summed E-state index contributed by atoms with van der Waals surface area (Å²) >= 11 is 0. The third-order valence-corrected chi connectivity index (χ3v) is 6.90. The highest BCUT2D eigenvalue weighted by atomic mass is 16.4. The van der Waals surface area contributed by atoms with Gasteiger partial charge in [-0.1, -0.05) is 108 Å². The molecule has 7 heteroatoms. The first-order valence-electron chi connectivity index (χ1n) is 14.4. The molecule has 7 nitrogen and oxygen atoms in total. The zero-order valence-electron chi connectivity index (χ0n) is 22.9. The second-order valence-electron chi connectivity index (χ2n) is 10.4. The topological polar surface area (TPSA) is 112 Å². The van der Waals surface area contributed by atoms with Gasteiger partial charge in [0.15, 0.2) is 19.6 Å². The summed E-state index contributed by atoms with van der Waals surface area (Å²) in [5.74, 6) is -3.50. The molecule has 0 saturated carbocycles. The van der Waals surface area contributed by atoms with E-state index in [0.717, 1.165) is 19.3 Å². The molecule has 0 rings (SSSR count). The van der Waals surface area contributed by atoms with Crippen LogP contribution in [0.1, 0.15) is 129 Å². The van der Waals surface area contributed by atoms with Crippen LogP contribution in [0.4, 0.5) is 0 Å². The van der Waals surface area contributed by atoms with E-state index < -0.39 is 42.0 Å². The Morgan fingerprint density at radius 1 is 0.500 bits per heavy atom. The Bertz CT molecular complexity index is 564. The van der Waals surface area contributed by atoms with Crippen molar-refractivity contribution < 1.29 is 34.2 Å². The smallest absolute Gasteiger partial charge is 0.359 e. The van der Waals surface area contributed by atoms with Gasteiger partial charge in [0.05, 0.1) is 6.54 Å². The fourth-order valence-corrected chi connectivity index (χ4v) is 4.97. The van der Waals surface area contributed by atoms with E-state index in [2.05, 4.69) is 19.1 Å². The number of carbonyl (C=O) groups is 3. The van der Waals surface area contributed by atoms with Crippen molar-refractivity contribution >= 4 is 17.9 Å². The number of aliphatic carboxylic acids is 3. The molecule has 0 amide bonds. The summed E-state index contributed by atoms with van der Waals surface area (Å²) in [4.78, 5) is 33.6. The minimum atomic E-state index is -1.17. The predicted octanol–water partition coefficient (Wildman–Crippen LogP) is 7.05. The maximum Gasteiger partial charge on any atom is 0.359 e. The molecule has 210 valence electrons. The maximum absolute atomic E-state index is 11.2. The summed E-state index contributed by atoms with van der Waals surface area (Å²) < 4.78 is -0.433. The molecular formula is C29H54NO6+. The van der Waals surface area contributed by atoms with Crippen LogP contribution in [-0.4, -0.2) is 63.9 Å². The summed E-state index contributed by atoms with van der Waals surface area (Å²) in [5, 5.41) is 27.4. The molecule has 0 aliphatic carbocycles. The lowest BCUT2D eigenvalue weighted by molar-refractivity contribution is -0.907. The first-order valence-corrected chi connectivity index (χ1v) is 14.4. The van der Waals surface area contributed by atoms with Crippen molar-refractivity contribution in [3.8, 4) is 0 Å². The lowest BCUT2D eigenvalue weighted by atomic mass is 10.0. The van der Waals surface area contributed by atoms with E-state index in [0.29, 0.717) is 6.42 Å². The fraction of sp³-hybridized carbons (Fsp3) is 0.828. The molecule has 0 atom stereocenters. The van der Waals surface area contributed by atoms with E-state index in [4.69, 9.17) is 15.3 Å². The molecular weight excluding hydrogens is 458 g/mol. The fourth-order valence-electron chi connectivity index (χ4n) is 4.97. The predicted molar refractivity (Wildman–Crippen MR) is 145 cm³/mol. The van der Waals surface area contributed by atoms with Gasteiger partial charge in [-0.3, -0.25) is 4.48 Å². The maximum atomic E-state index is 11.2. The molecule has 0 aliphatic rings. The minimum absolute atomic E-state index is 0.266. The van der Waals surface area contributed by atoms with Crippen molar-refractivity contribution in [2.75, 3.05) is 26.2 Å². The number of carboxylic acids is 3. The van der Waals surface area contributed by atoms with E-state index >= 15 is 0 Å². The molecule has 3 N–H and O–H groups in total. The Balaban J connectivity index is 3.63. The van der Waals surface area contributed by atoms with Gasteiger partial charge in [0.25, 0.3) is 0 Å². The van der Waals surface area contributed by atoms with Crippen molar-refractivity contribution in [3.05, 3.63) is 12.2 Å². The number of quaternary nitrogens is 1. The highest BCUT2D eigenvalue weighted by molar-refractivity contribution is 5.73. The molecule has 36 heavy (non-hydrogen) atoms. The van der Waals surface area contributed by atoms with Crippen LogP contribution >= 0.6 is 0 Å². The number of hydrogen-bond acceptors (Lipinski definition) is 3. The first-order chi connectivity index (χ1) is 17.3. The lowest BCUT2D eigenvalue weighted by Gasteiger charge is -2.34. The van der Waals surface area contributed by atoms with Gasteiger partial charge >= 0.3 is 17.9 Å². The molecule has 0 radical (unpaired) electrons. The molecule has 0 bridgehead atoms. The van der Waals surface area contributed by atoms with Crippen LogP contribution in [0.2, 0.25) is 0 Å². The Morgan fingerprint density at radius 2 is 0.778 bits per heavy atom. The van der Waals surface area contributed by atoms with Gasteiger partial charge < -0.3 is 15.3 Å². The standard InChI is InChI=1S/C29H53NO6/c1-2-3-4-5-6-7-8-9-10-11-12-13-14-15-16-17-18-19-20-21-22-23-30(24-27(31)32,25-28(33)34)26-29(35)36/h2-3H,4-26H2,1H3,(H2-,31,32,33,34,35,36)/p+1/b3-2+. The van der Waals surface area contributed by atoms with Crippen molar-refractivity contribution in [1.82, 2.24) is 0 Å². The van der Waals surface area contributed by atoms with Gasteiger partial charge in [-0.25, -0.2) is 14.4 Å². The van der Waals surface area contributed by atoms with Gasteiger partial charge in [-0.2, -0.15) is 0 Å². The van der Waals surface area contributed by atoms with E-state index in [-0.39, 0.29) is 6.54 Å². The molecule has 0 aromatic carbocycles. The largest absolute Gasteiger partial charge is 0.477 e. The van der Waals surface area contributed by atoms with Crippen molar-refractivity contribution in [2.45, 2.75) is 129 Å². The Morgan fingerprint density at radius 3 is 1.06 bits per heavy atom. The van der Waals surface area contributed by atoms with Crippen molar-refractivity contribution in [1.29, 1.82) is 0 Å². The third-order valence-electron chi connectivity index (χ3n) is 6.90. The van der Waals surface area contributed by atoms with Crippen molar-refractivity contribution in [3.63, 3.8) is 0 Å². The summed E-state index contributed by atoms with van der Waals surface area (Å²) in [5.41, 5.74) is 0. The number of unbranched alkanes of at least 4 members (excludes halogenated alkanes) is 18. The first kappa shape index (κ1) is 34.1. The lowest BCUT2D eigenvalue weighted by Crippen LogP contribution is -2.57. The molecule has 0 spiro atoms. The Hall–Kier alpha value is -1.89. The van der Waals surface area contributed by atoms with Crippen LogP contribution in [0.15, 0.2) is 12.2 Å². The SMILES string of the molecule is C/C=C/CCCCCCCCCCCCCCCCCCCC[N+](CC(=O)O)(CC(=O)O)CC(=O)O. The highest BCUT2D eigenvalue weighted by Gasteiger charge is 2.35. The average Bonchev–Trinajstić information content (AvgIpc) is 2.78. The van der Waals surface area contributed by atoms with Gasteiger partial charge in [0.1, 0.15) is 0 Å². The summed E-state index contributed by atoms with van der Waals surface area (Å²) in [6.07, 6.45) is 28.0. The average molecular weight is 513 g/mol. The number of carboxylic acid groups (broad SMARTS) is 3. The quantitative estimate of drug-likeness (QED) is 0.0618. The van der Waals surface area contributed by atoms with E-state index in [1.165, 1.54) is 96.3 Å². The zero-order chi connectivity index (χ0) is 26.9. The van der Waals surface area contributed by atoms with Gasteiger partial charge in [0, 0.05) is 0 Å². The molecule has 0 unspecified atom stereocenters. The molecule has 0 aliphatic heterocycles. The zero-order valence-corrected chi connectivity index (χ0v) is 22.9. The monoisotopic (exact) mass is 512 g/mol.